The Morgan fingerprint density at radius 3 is 2.10 bits per heavy atom. The largest absolute Gasteiger partial charge is 0.459 e. The normalized spacial score (nSPS) is 15.1. The molecule has 0 spiro atoms. The van der Waals surface area contributed by atoms with E-state index in [0.717, 1.165) is 24.0 Å². The van der Waals surface area contributed by atoms with Crippen LogP contribution in [0.2, 0.25) is 5.02 Å². The lowest BCUT2D eigenvalue weighted by molar-refractivity contribution is -0.202. The van der Waals surface area contributed by atoms with E-state index in [-0.39, 0.29) is 30.8 Å². The zero-order valence-electron chi connectivity index (χ0n) is 24.8. The van der Waals surface area contributed by atoms with E-state index in [0.29, 0.717) is 42.7 Å². The van der Waals surface area contributed by atoms with Crippen LogP contribution in [0.25, 0.3) is 0 Å². The average molecular weight is 590 g/mol. The zero-order valence-corrected chi connectivity index (χ0v) is 25.5. The molecule has 226 valence electrons. The molecule has 2 aromatic rings. The molecule has 41 heavy (non-hydrogen) atoms. The highest BCUT2D eigenvalue weighted by Gasteiger charge is 2.59. The van der Waals surface area contributed by atoms with E-state index < -0.39 is 23.8 Å². The van der Waals surface area contributed by atoms with Gasteiger partial charge in [0.1, 0.15) is 0 Å². The van der Waals surface area contributed by atoms with Crippen molar-refractivity contribution in [3.63, 3.8) is 0 Å². The first kappa shape index (κ1) is 32.7. The number of hydrogen-bond donors (Lipinski definition) is 2. The summed E-state index contributed by atoms with van der Waals surface area (Å²) in [5.74, 6) is -2.70. The number of nitrogens with one attached hydrogen (secondary N) is 1. The third-order valence-corrected chi connectivity index (χ3v) is 7.04. The molecule has 1 heterocycles. The van der Waals surface area contributed by atoms with Crippen molar-refractivity contribution in [1.29, 1.82) is 0 Å². The first-order valence-corrected chi connectivity index (χ1v) is 14.9. The van der Waals surface area contributed by atoms with E-state index >= 15 is 0 Å². The van der Waals surface area contributed by atoms with Crippen LogP contribution in [0.15, 0.2) is 42.5 Å². The molecule has 0 bridgehead atoms. The fourth-order valence-electron chi connectivity index (χ4n) is 4.50. The minimum atomic E-state index is -2.33. The van der Waals surface area contributed by atoms with Gasteiger partial charge in [0.25, 0.3) is 0 Å². The zero-order chi connectivity index (χ0) is 30.0. The first-order chi connectivity index (χ1) is 19.5. The number of aliphatic hydroxyl groups excluding tert-OH is 1. The van der Waals surface area contributed by atoms with Crippen molar-refractivity contribution in [2.75, 3.05) is 19.8 Å². The van der Waals surface area contributed by atoms with Gasteiger partial charge in [0.05, 0.1) is 19.3 Å². The Morgan fingerprint density at radius 2 is 1.51 bits per heavy atom. The molecule has 2 N–H and O–H groups in total. The lowest BCUT2D eigenvalue weighted by Gasteiger charge is -2.23. The van der Waals surface area contributed by atoms with Crippen LogP contribution in [0.5, 0.6) is 11.5 Å². The summed E-state index contributed by atoms with van der Waals surface area (Å²) in [6.07, 6.45) is 2.99. The summed E-state index contributed by atoms with van der Waals surface area (Å²) in [5, 5.41) is 14.4. The van der Waals surface area contributed by atoms with Crippen molar-refractivity contribution >= 4 is 23.5 Å². The van der Waals surface area contributed by atoms with Crippen LogP contribution in [0, 0.1) is 11.8 Å². The maximum atomic E-state index is 13.2. The maximum absolute atomic E-state index is 13.2. The number of esters is 2. The van der Waals surface area contributed by atoms with Crippen molar-refractivity contribution in [3.8, 4) is 11.5 Å². The predicted octanol–water partition coefficient (Wildman–Crippen LogP) is 6.02. The van der Waals surface area contributed by atoms with Crippen LogP contribution >= 0.6 is 11.6 Å². The van der Waals surface area contributed by atoms with E-state index in [4.69, 9.17) is 30.5 Å². The number of hydrogen-bond acceptors (Lipinski definition) is 8. The Hall–Kier alpha value is -2.81. The van der Waals surface area contributed by atoms with Crippen LogP contribution in [0.3, 0.4) is 0 Å². The maximum Gasteiger partial charge on any atom is 0.453 e. The number of halogens is 1. The van der Waals surface area contributed by atoms with E-state index in [1.165, 1.54) is 0 Å². The quantitative estimate of drug-likeness (QED) is 0.139. The average Bonchev–Trinajstić information content (AvgIpc) is 3.32. The van der Waals surface area contributed by atoms with Gasteiger partial charge in [-0.1, -0.05) is 57.5 Å². The molecule has 8 nitrogen and oxygen atoms in total. The van der Waals surface area contributed by atoms with Gasteiger partial charge in [-0.15, -0.1) is 0 Å². The van der Waals surface area contributed by atoms with Crippen LogP contribution in [0.4, 0.5) is 0 Å². The Morgan fingerprint density at radius 1 is 0.902 bits per heavy atom. The summed E-state index contributed by atoms with van der Waals surface area (Å²) >= 11 is 6.04. The summed E-state index contributed by atoms with van der Waals surface area (Å²) in [5.41, 5.74) is 1.64. The summed E-state index contributed by atoms with van der Waals surface area (Å²) in [4.78, 5) is 26.4. The minimum absolute atomic E-state index is 0.00538. The fraction of sp³-hybridized carbons (Fsp3) is 0.562. The number of benzene rings is 2. The smallest absolute Gasteiger partial charge is 0.453 e. The molecule has 9 heteroatoms. The summed E-state index contributed by atoms with van der Waals surface area (Å²) in [6, 6.07) is 12.4. The Labute approximate surface area is 248 Å². The van der Waals surface area contributed by atoms with E-state index in [2.05, 4.69) is 33.0 Å². The van der Waals surface area contributed by atoms with Crippen LogP contribution in [-0.2, 0) is 25.5 Å². The molecule has 0 saturated carbocycles. The SMILES string of the molecule is CC(C)CCCOC(=O)C1(C(=O)OCCCC(C)C)Oc2ccc(CC(C)NCC(O)c3cccc(Cl)c3)cc2O1. The van der Waals surface area contributed by atoms with E-state index in [1.54, 1.807) is 30.3 Å². The van der Waals surface area contributed by atoms with Gasteiger partial charge in [0, 0.05) is 17.6 Å². The molecule has 0 radical (unpaired) electrons. The number of carbonyl (C=O) groups is 2. The Kier molecular flexibility index (Phi) is 12.3. The van der Waals surface area contributed by atoms with Crippen molar-refractivity contribution < 1.29 is 33.6 Å². The predicted molar refractivity (Wildman–Crippen MR) is 158 cm³/mol. The third-order valence-electron chi connectivity index (χ3n) is 6.81. The third kappa shape index (κ3) is 9.62. The van der Waals surface area contributed by atoms with Gasteiger partial charge in [-0.2, -0.15) is 0 Å². The molecule has 2 atom stereocenters. The molecule has 1 aliphatic heterocycles. The summed E-state index contributed by atoms with van der Waals surface area (Å²) in [7, 11) is 0. The molecule has 0 aliphatic carbocycles. The molecule has 0 fully saturated rings. The summed E-state index contributed by atoms with van der Waals surface area (Å²) in [6.45, 7) is 11.0. The highest BCUT2D eigenvalue weighted by Crippen LogP contribution is 2.41. The van der Waals surface area contributed by atoms with E-state index in [9.17, 15) is 14.7 Å². The van der Waals surface area contributed by atoms with Crippen molar-refractivity contribution in [1.82, 2.24) is 5.32 Å². The molecule has 0 aromatic heterocycles. The fourth-order valence-corrected chi connectivity index (χ4v) is 4.70. The molecule has 0 amide bonds. The Bertz CT molecular complexity index is 1120. The highest BCUT2D eigenvalue weighted by atomic mass is 35.5. The van der Waals surface area contributed by atoms with Gasteiger partial charge in [0.2, 0.25) is 0 Å². The molecular weight excluding hydrogens is 546 g/mol. The molecule has 0 saturated heterocycles. The number of rotatable bonds is 16. The second-order valence-corrected chi connectivity index (χ2v) is 12.0. The van der Waals surface area contributed by atoms with Crippen LogP contribution in [0.1, 0.15) is 77.5 Å². The van der Waals surface area contributed by atoms with Crippen LogP contribution < -0.4 is 14.8 Å². The Balaban J connectivity index is 1.65. The van der Waals surface area contributed by atoms with Gasteiger partial charge in [-0.3, -0.25) is 0 Å². The van der Waals surface area contributed by atoms with Crippen LogP contribution in [-0.4, -0.2) is 48.6 Å². The number of ether oxygens (including phenoxy) is 4. The topological polar surface area (TPSA) is 103 Å². The van der Waals surface area contributed by atoms with Gasteiger partial charge in [-0.05, 0) is 86.3 Å². The minimum Gasteiger partial charge on any atom is -0.459 e. The summed E-state index contributed by atoms with van der Waals surface area (Å²) < 4.78 is 22.6. The number of fused-ring (bicyclic) bond motifs is 1. The molecule has 1 aliphatic rings. The van der Waals surface area contributed by atoms with E-state index in [1.807, 2.05) is 19.1 Å². The molecule has 2 aromatic carbocycles. The van der Waals surface area contributed by atoms with Crippen molar-refractivity contribution in [3.05, 3.63) is 58.6 Å². The number of aliphatic hydroxyl groups is 1. The monoisotopic (exact) mass is 589 g/mol. The lowest BCUT2D eigenvalue weighted by atomic mass is 10.1. The first-order valence-electron chi connectivity index (χ1n) is 14.5. The van der Waals surface area contributed by atoms with Gasteiger partial charge in [0.15, 0.2) is 11.5 Å². The second kappa shape index (κ2) is 15.4. The highest BCUT2D eigenvalue weighted by molar-refractivity contribution is 6.30. The molecule has 2 unspecified atom stereocenters. The standard InChI is InChI=1S/C32H44ClNO7/c1-21(2)9-7-15-38-30(36)32(31(37)39-16-8-10-22(3)4)40-28-14-13-24(18-29(28)41-32)17-23(5)34-20-27(35)25-11-6-12-26(33)19-25/h6,11-14,18-19,21-23,27,34-35H,7-10,15-17,20H2,1-5H3. The lowest BCUT2D eigenvalue weighted by Crippen LogP contribution is -2.56. The number of carbonyl (C=O) groups excluding carboxylic acids is 2. The van der Waals surface area contributed by atoms with Crippen molar-refractivity contribution in [2.24, 2.45) is 11.8 Å². The van der Waals surface area contributed by atoms with Crippen molar-refractivity contribution in [2.45, 2.75) is 84.7 Å². The van der Waals surface area contributed by atoms with Gasteiger partial charge < -0.3 is 29.4 Å². The van der Waals surface area contributed by atoms with Gasteiger partial charge >= 0.3 is 17.7 Å². The van der Waals surface area contributed by atoms with Gasteiger partial charge in [-0.25, -0.2) is 9.59 Å². The molecule has 3 rings (SSSR count). The molecular formula is C32H44ClNO7. The second-order valence-electron chi connectivity index (χ2n) is 11.5.